The van der Waals surface area contributed by atoms with Crippen LogP contribution in [0.4, 0.5) is 0 Å². The Bertz CT molecular complexity index is 642. The SMILES string of the molecule is Cc1ccc(C)c(-c2c(CC(=O)O)nn(C)c2C)c1. The van der Waals surface area contributed by atoms with Crippen LogP contribution in [-0.4, -0.2) is 20.9 Å². The van der Waals surface area contributed by atoms with Crippen molar-refractivity contribution in [2.24, 2.45) is 7.05 Å². The van der Waals surface area contributed by atoms with E-state index in [1.165, 1.54) is 0 Å². The first kappa shape index (κ1) is 13.3. The highest BCUT2D eigenvalue weighted by Crippen LogP contribution is 2.30. The monoisotopic (exact) mass is 258 g/mol. The van der Waals surface area contributed by atoms with Gasteiger partial charge in [-0.3, -0.25) is 9.48 Å². The maximum Gasteiger partial charge on any atom is 0.309 e. The van der Waals surface area contributed by atoms with E-state index in [1.807, 2.05) is 27.8 Å². The number of rotatable bonds is 3. The lowest BCUT2D eigenvalue weighted by Gasteiger charge is -2.08. The fourth-order valence-electron chi connectivity index (χ4n) is 2.30. The zero-order valence-electron chi connectivity index (χ0n) is 11.7. The minimum absolute atomic E-state index is 0.0512. The van der Waals surface area contributed by atoms with Crippen LogP contribution < -0.4 is 0 Å². The average Bonchev–Trinajstić information content (AvgIpc) is 2.57. The summed E-state index contributed by atoms with van der Waals surface area (Å²) in [5.41, 5.74) is 5.93. The molecule has 4 heteroatoms. The third kappa shape index (κ3) is 2.52. The first-order valence-corrected chi connectivity index (χ1v) is 6.22. The molecule has 0 radical (unpaired) electrons. The van der Waals surface area contributed by atoms with Crippen LogP contribution in [0, 0.1) is 20.8 Å². The van der Waals surface area contributed by atoms with Gasteiger partial charge in [0.2, 0.25) is 0 Å². The summed E-state index contributed by atoms with van der Waals surface area (Å²) in [6.07, 6.45) is -0.0512. The lowest BCUT2D eigenvalue weighted by Crippen LogP contribution is -2.03. The minimum atomic E-state index is -0.857. The molecule has 2 rings (SSSR count). The Morgan fingerprint density at radius 1 is 1.32 bits per heavy atom. The smallest absolute Gasteiger partial charge is 0.309 e. The van der Waals surface area contributed by atoms with Gasteiger partial charge in [-0.1, -0.05) is 23.8 Å². The standard InChI is InChI=1S/C15H18N2O2/c1-9-5-6-10(2)12(7-9)15-11(3)17(4)16-13(15)8-14(18)19/h5-7H,8H2,1-4H3,(H,18,19). The van der Waals surface area contributed by atoms with E-state index in [4.69, 9.17) is 5.11 Å². The molecule has 100 valence electrons. The van der Waals surface area contributed by atoms with Crippen LogP contribution in [0.2, 0.25) is 0 Å². The molecular weight excluding hydrogens is 240 g/mol. The first-order valence-electron chi connectivity index (χ1n) is 6.22. The van der Waals surface area contributed by atoms with Gasteiger partial charge in [-0.25, -0.2) is 0 Å². The molecule has 0 aliphatic rings. The van der Waals surface area contributed by atoms with Crippen molar-refractivity contribution in [3.05, 3.63) is 40.7 Å². The summed E-state index contributed by atoms with van der Waals surface area (Å²) in [5, 5.41) is 13.3. The van der Waals surface area contributed by atoms with Crippen molar-refractivity contribution in [2.45, 2.75) is 27.2 Å². The van der Waals surface area contributed by atoms with Gasteiger partial charge < -0.3 is 5.11 Å². The van der Waals surface area contributed by atoms with Crippen molar-refractivity contribution < 1.29 is 9.90 Å². The van der Waals surface area contributed by atoms with E-state index < -0.39 is 5.97 Å². The molecule has 19 heavy (non-hydrogen) atoms. The van der Waals surface area contributed by atoms with Crippen LogP contribution in [-0.2, 0) is 18.3 Å². The highest BCUT2D eigenvalue weighted by molar-refractivity contribution is 5.78. The molecule has 0 aliphatic carbocycles. The van der Waals surface area contributed by atoms with Crippen molar-refractivity contribution in [1.82, 2.24) is 9.78 Å². The number of carboxylic acids is 1. The summed E-state index contributed by atoms with van der Waals surface area (Å²) in [6, 6.07) is 6.20. The third-order valence-electron chi connectivity index (χ3n) is 3.39. The Kier molecular flexibility index (Phi) is 3.42. The van der Waals surface area contributed by atoms with Crippen molar-refractivity contribution in [2.75, 3.05) is 0 Å². The highest BCUT2D eigenvalue weighted by Gasteiger charge is 2.18. The van der Waals surface area contributed by atoms with Crippen LogP contribution in [0.15, 0.2) is 18.2 Å². The molecule has 1 aromatic carbocycles. The molecule has 0 bridgehead atoms. The average molecular weight is 258 g/mol. The number of aliphatic carboxylic acids is 1. The van der Waals surface area contributed by atoms with Crippen molar-refractivity contribution in [3.63, 3.8) is 0 Å². The lowest BCUT2D eigenvalue weighted by molar-refractivity contribution is -0.136. The number of carboxylic acid groups (broad SMARTS) is 1. The maximum absolute atomic E-state index is 11.0. The molecule has 1 heterocycles. The summed E-state index contributed by atoms with van der Waals surface area (Å²) in [5.74, 6) is -0.857. The molecular formula is C15H18N2O2. The second-order valence-corrected chi connectivity index (χ2v) is 4.92. The van der Waals surface area contributed by atoms with Crippen molar-refractivity contribution >= 4 is 5.97 Å². The van der Waals surface area contributed by atoms with Gasteiger partial charge in [0.25, 0.3) is 0 Å². The fourth-order valence-corrected chi connectivity index (χ4v) is 2.30. The fraction of sp³-hybridized carbons (Fsp3) is 0.333. The Labute approximate surface area is 112 Å². The first-order chi connectivity index (χ1) is 8.90. The van der Waals surface area contributed by atoms with Crippen LogP contribution in [0.3, 0.4) is 0 Å². The summed E-state index contributed by atoms with van der Waals surface area (Å²) in [4.78, 5) is 11.0. The number of hydrogen-bond acceptors (Lipinski definition) is 2. The number of aromatic nitrogens is 2. The molecule has 0 unspecified atom stereocenters. The second kappa shape index (κ2) is 4.88. The molecule has 0 amide bonds. The molecule has 0 saturated carbocycles. The highest BCUT2D eigenvalue weighted by atomic mass is 16.4. The lowest BCUT2D eigenvalue weighted by atomic mass is 9.96. The predicted octanol–water partition coefficient (Wildman–Crippen LogP) is 2.64. The van der Waals surface area contributed by atoms with Crippen LogP contribution in [0.5, 0.6) is 0 Å². The van der Waals surface area contributed by atoms with Crippen LogP contribution in [0.1, 0.15) is 22.5 Å². The summed E-state index contributed by atoms with van der Waals surface area (Å²) >= 11 is 0. The zero-order valence-corrected chi connectivity index (χ0v) is 11.7. The van der Waals surface area contributed by atoms with Gasteiger partial charge in [-0.05, 0) is 31.9 Å². The molecule has 1 aromatic heterocycles. The minimum Gasteiger partial charge on any atom is -0.481 e. The molecule has 0 atom stereocenters. The number of hydrogen-bond donors (Lipinski definition) is 1. The topological polar surface area (TPSA) is 55.1 Å². The Balaban J connectivity index is 2.66. The van der Waals surface area contributed by atoms with E-state index >= 15 is 0 Å². The van der Waals surface area contributed by atoms with Gasteiger partial charge in [0.05, 0.1) is 12.1 Å². The van der Waals surface area contributed by atoms with E-state index in [9.17, 15) is 4.79 Å². The van der Waals surface area contributed by atoms with Gasteiger partial charge >= 0.3 is 5.97 Å². The van der Waals surface area contributed by atoms with Crippen LogP contribution >= 0.6 is 0 Å². The summed E-state index contributed by atoms with van der Waals surface area (Å²) < 4.78 is 1.75. The van der Waals surface area contributed by atoms with E-state index in [2.05, 4.69) is 23.3 Å². The molecule has 0 saturated heterocycles. The molecule has 0 spiro atoms. The molecule has 0 fully saturated rings. The second-order valence-electron chi connectivity index (χ2n) is 4.92. The Hall–Kier alpha value is -2.10. The van der Waals surface area contributed by atoms with E-state index in [0.717, 1.165) is 27.9 Å². The zero-order chi connectivity index (χ0) is 14.2. The van der Waals surface area contributed by atoms with Gasteiger partial charge in [-0.2, -0.15) is 5.10 Å². The molecule has 1 N–H and O–H groups in total. The third-order valence-corrected chi connectivity index (χ3v) is 3.39. The van der Waals surface area contributed by atoms with E-state index in [1.54, 1.807) is 4.68 Å². The van der Waals surface area contributed by atoms with Crippen molar-refractivity contribution in [1.29, 1.82) is 0 Å². The maximum atomic E-state index is 11.0. The largest absolute Gasteiger partial charge is 0.481 e. The van der Waals surface area contributed by atoms with Gasteiger partial charge in [0.1, 0.15) is 0 Å². The van der Waals surface area contributed by atoms with Gasteiger partial charge in [0.15, 0.2) is 0 Å². The number of benzene rings is 1. The van der Waals surface area contributed by atoms with Crippen molar-refractivity contribution in [3.8, 4) is 11.1 Å². The van der Waals surface area contributed by atoms with Gasteiger partial charge in [-0.15, -0.1) is 0 Å². The molecule has 4 nitrogen and oxygen atoms in total. The summed E-state index contributed by atoms with van der Waals surface area (Å²) in [6.45, 7) is 6.03. The Morgan fingerprint density at radius 3 is 2.63 bits per heavy atom. The van der Waals surface area contributed by atoms with Gasteiger partial charge in [0, 0.05) is 18.3 Å². The number of carbonyl (C=O) groups is 1. The molecule has 2 aromatic rings. The van der Waals surface area contributed by atoms with E-state index in [-0.39, 0.29) is 6.42 Å². The summed E-state index contributed by atoms with van der Waals surface area (Å²) in [7, 11) is 1.84. The Morgan fingerprint density at radius 2 is 2.00 bits per heavy atom. The predicted molar refractivity (Wildman–Crippen MR) is 74.2 cm³/mol. The van der Waals surface area contributed by atoms with Crippen LogP contribution in [0.25, 0.3) is 11.1 Å². The van der Waals surface area contributed by atoms with E-state index in [0.29, 0.717) is 5.69 Å². The normalized spacial score (nSPS) is 10.7. The number of nitrogens with zero attached hydrogens (tertiary/aromatic N) is 2. The number of aryl methyl sites for hydroxylation is 3. The molecule has 0 aliphatic heterocycles. The quantitative estimate of drug-likeness (QED) is 0.920.